The van der Waals surface area contributed by atoms with Gasteiger partial charge in [-0.15, -0.1) is 0 Å². The molecule has 0 bridgehead atoms. The second-order valence-corrected chi connectivity index (χ2v) is 5.36. The molecular weight excluding hydrogens is 259 g/mol. The molecule has 1 amide bonds. The minimum Gasteiger partial charge on any atom is -0.349 e. The standard InChI is InChI=1S/C14H23FN4O/c1-9(2)5-4-6-10(3)18-14(20)11-7-8-17-13(19-16)12(11)15/h7-10H,4-6,16H2,1-3H3,(H,17,19)(H,18,20). The first-order chi connectivity index (χ1) is 9.45. The van der Waals surface area contributed by atoms with Crippen molar-refractivity contribution in [3.63, 3.8) is 0 Å². The molecule has 4 N–H and O–H groups in total. The van der Waals surface area contributed by atoms with Gasteiger partial charge in [-0.3, -0.25) is 4.79 Å². The fourth-order valence-corrected chi connectivity index (χ4v) is 1.93. The molecule has 0 saturated carbocycles. The van der Waals surface area contributed by atoms with Crippen LogP contribution < -0.4 is 16.6 Å². The molecule has 0 aliphatic rings. The van der Waals surface area contributed by atoms with E-state index in [2.05, 4.69) is 29.6 Å². The highest BCUT2D eigenvalue weighted by Crippen LogP contribution is 2.14. The van der Waals surface area contributed by atoms with Crippen molar-refractivity contribution < 1.29 is 9.18 Å². The molecule has 20 heavy (non-hydrogen) atoms. The average Bonchev–Trinajstić information content (AvgIpc) is 2.38. The van der Waals surface area contributed by atoms with E-state index < -0.39 is 11.7 Å². The van der Waals surface area contributed by atoms with Crippen molar-refractivity contribution in [3.05, 3.63) is 23.6 Å². The normalized spacial score (nSPS) is 12.3. The van der Waals surface area contributed by atoms with E-state index in [1.165, 1.54) is 12.3 Å². The SMILES string of the molecule is CC(C)CCCC(C)NC(=O)c1ccnc(NN)c1F. The molecule has 1 aromatic rings. The van der Waals surface area contributed by atoms with E-state index in [0.29, 0.717) is 5.92 Å². The smallest absolute Gasteiger partial charge is 0.254 e. The quantitative estimate of drug-likeness (QED) is 0.530. The summed E-state index contributed by atoms with van der Waals surface area (Å²) in [5, 5.41) is 2.79. The maximum absolute atomic E-state index is 13.9. The van der Waals surface area contributed by atoms with Crippen molar-refractivity contribution in [3.8, 4) is 0 Å². The molecule has 6 heteroatoms. The number of nitrogens with two attached hydrogens (primary N) is 1. The number of rotatable bonds is 7. The highest BCUT2D eigenvalue weighted by atomic mass is 19.1. The number of anilines is 1. The van der Waals surface area contributed by atoms with Crippen LogP contribution in [0.25, 0.3) is 0 Å². The Morgan fingerprint density at radius 2 is 2.10 bits per heavy atom. The number of amides is 1. The number of hydrogen-bond acceptors (Lipinski definition) is 4. The summed E-state index contributed by atoms with van der Waals surface area (Å²) in [6, 6.07) is 1.34. The Balaban J connectivity index is 2.58. The van der Waals surface area contributed by atoms with Crippen LogP contribution in [0, 0.1) is 11.7 Å². The second kappa shape index (κ2) is 7.79. The van der Waals surface area contributed by atoms with Gasteiger partial charge >= 0.3 is 0 Å². The Bertz CT molecular complexity index is 451. The minimum absolute atomic E-state index is 0.00287. The molecule has 1 heterocycles. The maximum atomic E-state index is 13.9. The lowest BCUT2D eigenvalue weighted by Gasteiger charge is -2.15. The van der Waals surface area contributed by atoms with Crippen LogP contribution in [0.1, 0.15) is 50.4 Å². The van der Waals surface area contributed by atoms with Crippen LogP contribution >= 0.6 is 0 Å². The lowest BCUT2D eigenvalue weighted by Crippen LogP contribution is -2.33. The third kappa shape index (κ3) is 4.77. The van der Waals surface area contributed by atoms with Gasteiger partial charge in [-0.25, -0.2) is 15.2 Å². The number of nitrogens with one attached hydrogen (secondary N) is 2. The summed E-state index contributed by atoms with van der Waals surface area (Å²) in [6.45, 7) is 6.24. The molecule has 5 nitrogen and oxygen atoms in total. The summed E-state index contributed by atoms with van der Waals surface area (Å²) in [7, 11) is 0. The first kappa shape index (κ1) is 16.4. The Morgan fingerprint density at radius 3 is 2.70 bits per heavy atom. The zero-order chi connectivity index (χ0) is 15.1. The Labute approximate surface area is 119 Å². The van der Waals surface area contributed by atoms with Gasteiger partial charge in [0, 0.05) is 12.2 Å². The Hall–Kier alpha value is -1.69. The third-order valence-electron chi connectivity index (χ3n) is 3.07. The van der Waals surface area contributed by atoms with Crippen LogP contribution in [0.15, 0.2) is 12.3 Å². The van der Waals surface area contributed by atoms with Gasteiger partial charge in [0.15, 0.2) is 11.6 Å². The number of nitrogen functional groups attached to an aromatic ring is 1. The van der Waals surface area contributed by atoms with E-state index in [1.807, 2.05) is 6.92 Å². The number of aromatic nitrogens is 1. The van der Waals surface area contributed by atoms with Crippen LogP contribution in [-0.2, 0) is 0 Å². The van der Waals surface area contributed by atoms with Crippen LogP contribution in [0.5, 0.6) is 0 Å². The Kier molecular flexibility index (Phi) is 6.38. The molecule has 0 saturated heterocycles. The lowest BCUT2D eigenvalue weighted by atomic mass is 10.0. The fourth-order valence-electron chi connectivity index (χ4n) is 1.93. The molecule has 0 aromatic carbocycles. The molecule has 1 aromatic heterocycles. The number of hydrazine groups is 1. The van der Waals surface area contributed by atoms with Crippen LogP contribution in [-0.4, -0.2) is 16.9 Å². The molecule has 1 atom stereocenters. The van der Waals surface area contributed by atoms with Crippen molar-refractivity contribution >= 4 is 11.7 Å². The number of carbonyl (C=O) groups excluding carboxylic acids is 1. The van der Waals surface area contributed by atoms with Crippen molar-refractivity contribution in [2.45, 2.75) is 46.1 Å². The molecule has 1 unspecified atom stereocenters. The van der Waals surface area contributed by atoms with Gasteiger partial charge in [0.2, 0.25) is 0 Å². The highest BCUT2D eigenvalue weighted by Gasteiger charge is 2.17. The summed E-state index contributed by atoms with van der Waals surface area (Å²) in [5.41, 5.74) is 2.07. The monoisotopic (exact) mass is 282 g/mol. The van der Waals surface area contributed by atoms with Gasteiger partial charge in [0.1, 0.15) is 0 Å². The largest absolute Gasteiger partial charge is 0.349 e. The average molecular weight is 282 g/mol. The van der Waals surface area contributed by atoms with Crippen molar-refractivity contribution in [1.29, 1.82) is 0 Å². The van der Waals surface area contributed by atoms with Crippen molar-refractivity contribution in [2.75, 3.05) is 5.43 Å². The number of carbonyl (C=O) groups is 1. The summed E-state index contributed by atoms with van der Waals surface area (Å²) in [5.74, 6) is 4.46. The van der Waals surface area contributed by atoms with E-state index in [-0.39, 0.29) is 17.4 Å². The number of hydrogen-bond donors (Lipinski definition) is 3. The van der Waals surface area contributed by atoms with Gasteiger partial charge in [-0.2, -0.15) is 0 Å². The Morgan fingerprint density at radius 1 is 1.40 bits per heavy atom. The van der Waals surface area contributed by atoms with E-state index in [4.69, 9.17) is 5.84 Å². The number of nitrogens with zero attached hydrogens (tertiary/aromatic N) is 1. The maximum Gasteiger partial charge on any atom is 0.254 e. The molecule has 0 aliphatic carbocycles. The third-order valence-corrected chi connectivity index (χ3v) is 3.07. The summed E-state index contributed by atoms with van der Waals surface area (Å²) < 4.78 is 13.9. The molecule has 1 rings (SSSR count). The molecular formula is C14H23FN4O. The van der Waals surface area contributed by atoms with Gasteiger partial charge in [0.05, 0.1) is 5.56 Å². The lowest BCUT2D eigenvalue weighted by molar-refractivity contribution is 0.0933. The number of halogens is 1. The van der Waals surface area contributed by atoms with E-state index >= 15 is 0 Å². The number of pyridine rings is 1. The zero-order valence-electron chi connectivity index (χ0n) is 12.2. The van der Waals surface area contributed by atoms with Gasteiger partial charge in [0.25, 0.3) is 5.91 Å². The zero-order valence-corrected chi connectivity index (χ0v) is 12.2. The van der Waals surface area contributed by atoms with Crippen LogP contribution in [0.3, 0.4) is 0 Å². The molecule has 0 fully saturated rings. The minimum atomic E-state index is -0.734. The van der Waals surface area contributed by atoms with E-state index in [0.717, 1.165) is 19.3 Å². The molecule has 0 aliphatic heterocycles. The van der Waals surface area contributed by atoms with Crippen LogP contribution in [0.2, 0.25) is 0 Å². The molecule has 0 spiro atoms. The fraction of sp³-hybridized carbons (Fsp3) is 0.571. The van der Waals surface area contributed by atoms with Gasteiger partial charge < -0.3 is 10.7 Å². The predicted octanol–water partition coefficient (Wildman–Crippen LogP) is 2.45. The van der Waals surface area contributed by atoms with E-state index in [1.54, 1.807) is 0 Å². The van der Waals surface area contributed by atoms with Gasteiger partial charge in [-0.05, 0) is 25.3 Å². The predicted molar refractivity (Wildman–Crippen MR) is 77.6 cm³/mol. The topological polar surface area (TPSA) is 80.0 Å². The van der Waals surface area contributed by atoms with Crippen molar-refractivity contribution in [2.24, 2.45) is 11.8 Å². The first-order valence-corrected chi connectivity index (χ1v) is 6.87. The molecule has 112 valence electrons. The van der Waals surface area contributed by atoms with Crippen molar-refractivity contribution in [1.82, 2.24) is 10.3 Å². The van der Waals surface area contributed by atoms with E-state index in [9.17, 15) is 9.18 Å². The summed E-state index contributed by atoms with van der Waals surface area (Å²) in [4.78, 5) is 15.7. The second-order valence-electron chi connectivity index (χ2n) is 5.36. The highest BCUT2D eigenvalue weighted by molar-refractivity contribution is 5.95. The molecule has 0 radical (unpaired) electrons. The van der Waals surface area contributed by atoms with Gasteiger partial charge in [-0.1, -0.05) is 26.7 Å². The summed E-state index contributed by atoms with van der Waals surface area (Å²) in [6.07, 6.45) is 4.37. The van der Waals surface area contributed by atoms with Crippen LogP contribution in [0.4, 0.5) is 10.2 Å². The first-order valence-electron chi connectivity index (χ1n) is 6.87. The summed E-state index contributed by atoms with van der Waals surface area (Å²) >= 11 is 0.